The fourth-order valence-electron chi connectivity index (χ4n) is 4.30. The lowest BCUT2D eigenvalue weighted by atomic mass is 9.90. The number of benzene rings is 2. The topological polar surface area (TPSA) is 121 Å². The molecule has 0 saturated carbocycles. The maximum absolute atomic E-state index is 13.0. The van der Waals surface area contributed by atoms with Crippen molar-refractivity contribution in [1.82, 2.24) is 4.90 Å². The second kappa shape index (κ2) is 10.9. The van der Waals surface area contributed by atoms with Gasteiger partial charge < -0.3 is 18.9 Å². The van der Waals surface area contributed by atoms with Gasteiger partial charge in [0.2, 0.25) is 0 Å². The fourth-order valence-corrected chi connectivity index (χ4v) is 4.30. The van der Waals surface area contributed by atoms with Gasteiger partial charge in [0.05, 0.1) is 44.6 Å². The van der Waals surface area contributed by atoms with Crippen LogP contribution in [0.15, 0.2) is 36.4 Å². The highest BCUT2D eigenvalue weighted by Crippen LogP contribution is 2.46. The monoisotopic (exact) mass is 487 g/mol. The van der Waals surface area contributed by atoms with E-state index in [0.29, 0.717) is 34.7 Å². The van der Waals surface area contributed by atoms with Gasteiger partial charge >= 0.3 is 12.2 Å². The molecule has 0 radical (unpaired) electrons. The standard InChI is InChI=1S/C24H29N3O8/c1-6-35-24(29)26-15(2)10-19(18-12-21(32-3)22(33-4)13-20(18)26)25(23(28)34-5)14-16-8-7-9-17(11-16)27(30)31/h7-9,11-13,15,19H,6,10,14H2,1-5H3/t15-,19+/m0/s1. The first-order valence-corrected chi connectivity index (χ1v) is 11.0. The Labute approximate surface area is 203 Å². The molecule has 0 aliphatic carbocycles. The van der Waals surface area contributed by atoms with E-state index >= 15 is 0 Å². The van der Waals surface area contributed by atoms with Gasteiger partial charge in [-0.15, -0.1) is 0 Å². The van der Waals surface area contributed by atoms with Gasteiger partial charge in [-0.25, -0.2) is 9.59 Å². The van der Waals surface area contributed by atoms with Crippen molar-refractivity contribution in [1.29, 1.82) is 0 Å². The van der Waals surface area contributed by atoms with Crippen molar-refractivity contribution in [2.45, 2.75) is 38.9 Å². The SMILES string of the molecule is CCOC(=O)N1c2cc(OC)c(OC)cc2[C@H](N(Cc2cccc([N+](=O)[O-])c2)C(=O)OC)C[C@@H]1C. The number of nitro benzene ring substituents is 1. The molecule has 0 saturated heterocycles. The van der Waals surface area contributed by atoms with Gasteiger partial charge in [-0.05, 0) is 31.9 Å². The molecule has 2 amide bonds. The van der Waals surface area contributed by atoms with Crippen LogP contribution in [0.5, 0.6) is 11.5 Å². The first kappa shape index (κ1) is 25.6. The lowest BCUT2D eigenvalue weighted by Crippen LogP contribution is -2.47. The van der Waals surface area contributed by atoms with Crippen LogP contribution in [0.2, 0.25) is 0 Å². The molecular weight excluding hydrogens is 458 g/mol. The first-order chi connectivity index (χ1) is 16.7. The van der Waals surface area contributed by atoms with E-state index in [2.05, 4.69) is 0 Å². The smallest absolute Gasteiger partial charge is 0.414 e. The summed E-state index contributed by atoms with van der Waals surface area (Å²) in [6.07, 6.45) is -0.764. The van der Waals surface area contributed by atoms with E-state index in [1.807, 2.05) is 6.92 Å². The molecule has 1 aliphatic rings. The summed E-state index contributed by atoms with van der Waals surface area (Å²) in [4.78, 5) is 39.6. The van der Waals surface area contributed by atoms with Crippen LogP contribution in [0.25, 0.3) is 0 Å². The van der Waals surface area contributed by atoms with Gasteiger partial charge in [-0.2, -0.15) is 0 Å². The molecule has 2 atom stereocenters. The molecule has 11 nitrogen and oxygen atoms in total. The maximum atomic E-state index is 13.0. The van der Waals surface area contributed by atoms with E-state index in [9.17, 15) is 19.7 Å². The molecule has 0 fully saturated rings. The van der Waals surface area contributed by atoms with Crippen LogP contribution >= 0.6 is 0 Å². The van der Waals surface area contributed by atoms with Gasteiger partial charge in [-0.1, -0.05) is 12.1 Å². The van der Waals surface area contributed by atoms with E-state index < -0.39 is 23.2 Å². The number of amides is 2. The number of nitrogens with zero attached hydrogens (tertiary/aromatic N) is 3. The number of ether oxygens (including phenoxy) is 4. The van der Waals surface area contributed by atoms with Crippen molar-refractivity contribution in [3.05, 3.63) is 57.6 Å². The maximum Gasteiger partial charge on any atom is 0.414 e. The van der Waals surface area contributed by atoms with Crippen molar-refractivity contribution >= 4 is 23.6 Å². The van der Waals surface area contributed by atoms with Gasteiger partial charge in [0.15, 0.2) is 11.5 Å². The quantitative estimate of drug-likeness (QED) is 0.408. The Hall–Kier alpha value is -4.02. The largest absolute Gasteiger partial charge is 0.493 e. The highest BCUT2D eigenvalue weighted by atomic mass is 16.6. The average Bonchev–Trinajstić information content (AvgIpc) is 2.85. The Bertz CT molecular complexity index is 1110. The molecule has 188 valence electrons. The van der Waals surface area contributed by atoms with Gasteiger partial charge in [0, 0.05) is 36.3 Å². The highest BCUT2D eigenvalue weighted by molar-refractivity contribution is 5.91. The molecule has 0 spiro atoms. The van der Waals surface area contributed by atoms with E-state index in [4.69, 9.17) is 18.9 Å². The number of carbonyl (C=O) groups is 2. The van der Waals surface area contributed by atoms with Crippen molar-refractivity contribution in [2.75, 3.05) is 32.8 Å². The predicted molar refractivity (Wildman–Crippen MR) is 127 cm³/mol. The Morgan fingerprint density at radius 1 is 1.14 bits per heavy atom. The summed E-state index contributed by atoms with van der Waals surface area (Å²) in [6, 6.07) is 8.60. The Kier molecular flexibility index (Phi) is 8.00. The van der Waals surface area contributed by atoms with Crippen LogP contribution < -0.4 is 14.4 Å². The third-order valence-corrected chi connectivity index (χ3v) is 5.88. The van der Waals surface area contributed by atoms with Crippen LogP contribution in [-0.4, -0.2) is 56.0 Å². The molecule has 2 aromatic rings. The molecule has 0 N–H and O–H groups in total. The zero-order chi connectivity index (χ0) is 25.7. The summed E-state index contributed by atoms with van der Waals surface area (Å²) in [6.45, 7) is 3.84. The number of methoxy groups -OCH3 is 3. The molecular formula is C24H29N3O8. The molecule has 2 aromatic carbocycles. The molecule has 11 heteroatoms. The normalized spacial score (nSPS) is 16.7. The van der Waals surface area contributed by atoms with Crippen LogP contribution in [0.3, 0.4) is 0 Å². The van der Waals surface area contributed by atoms with Crippen LogP contribution in [0, 0.1) is 10.1 Å². The summed E-state index contributed by atoms with van der Waals surface area (Å²) >= 11 is 0. The molecule has 3 rings (SSSR count). The van der Waals surface area contributed by atoms with Crippen molar-refractivity contribution in [3.63, 3.8) is 0 Å². The molecule has 0 aromatic heterocycles. The lowest BCUT2D eigenvalue weighted by Gasteiger charge is -2.42. The number of hydrogen-bond acceptors (Lipinski definition) is 8. The van der Waals surface area contributed by atoms with Crippen molar-refractivity contribution < 1.29 is 33.5 Å². The molecule has 1 heterocycles. The number of anilines is 1. The second-order valence-electron chi connectivity index (χ2n) is 7.96. The lowest BCUT2D eigenvalue weighted by molar-refractivity contribution is -0.384. The number of carbonyl (C=O) groups excluding carboxylic acids is 2. The fraction of sp³-hybridized carbons (Fsp3) is 0.417. The minimum atomic E-state index is -0.612. The summed E-state index contributed by atoms with van der Waals surface area (Å²) in [5.41, 5.74) is 1.62. The number of rotatable bonds is 7. The zero-order valence-corrected chi connectivity index (χ0v) is 20.3. The Morgan fingerprint density at radius 3 is 2.43 bits per heavy atom. The molecule has 0 unspecified atom stereocenters. The predicted octanol–water partition coefficient (Wildman–Crippen LogP) is 4.68. The van der Waals surface area contributed by atoms with Gasteiger partial charge in [0.25, 0.3) is 5.69 Å². The van der Waals surface area contributed by atoms with Crippen molar-refractivity contribution in [3.8, 4) is 11.5 Å². The van der Waals surface area contributed by atoms with Crippen molar-refractivity contribution in [2.24, 2.45) is 0 Å². The van der Waals surface area contributed by atoms with E-state index in [0.717, 1.165) is 0 Å². The summed E-state index contributed by atoms with van der Waals surface area (Å²) in [5, 5.41) is 11.2. The van der Waals surface area contributed by atoms with E-state index in [1.165, 1.54) is 43.3 Å². The van der Waals surface area contributed by atoms with Gasteiger partial charge in [0.1, 0.15) is 0 Å². The minimum Gasteiger partial charge on any atom is -0.493 e. The second-order valence-corrected chi connectivity index (χ2v) is 7.96. The Balaban J connectivity index is 2.14. The highest BCUT2D eigenvalue weighted by Gasteiger charge is 2.40. The molecule has 35 heavy (non-hydrogen) atoms. The minimum absolute atomic E-state index is 0.0545. The van der Waals surface area contributed by atoms with E-state index in [1.54, 1.807) is 31.2 Å². The number of nitro groups is 1. The summed E-state index contributed by atoms with van der Waals surface area (Å²) < 4.78 is 21.3. The van der Waals surface area contributed by atoms with E-state index in [-0.39, 0.29) is 24.9 Å². The molecule has 0 bridgehead atoms. The first-order valence-electron chi connectivity index (χ1n) is 11.0. The summed E-state index contributed by atoms with van der Waals surface area (Å²) in [5.74, 6) is 0.839. The third kappa shape index (κ3) is 5.23. The average molecular weight is 488 g/mol. The van der Waals surface area contributed by atoms with Crippen LogP contribution in [0.1, 0.15) is 37.4 Å². The zero-order valence-electron chi connectivity index (χ0n) is 20.3. The number of fused-ring (bicyclic) bond motifs is 1. The Morgan fingerprint density at radius 2 is 1.83 bits per heavy atom. The molecule has 1 aliphatic heterocycles. The van der Waals surface area contributed by atoms with Crippen LogP contribution in [0.4, 0.5) is 21.0 Å². The van der Waals surface area contributed by atoms with Crippen LogP contribution in [-0.2, 0) is 16.0 Å². The number of non-ortho nitro benzene ring substituents is 1. The third-order valence-electron chi connectivity index (χ3n) is 5.88. The van der Waals surface area contributed by atoms with Gasteiger partial charge in [-0.3, -0.25) is 19.9 Å². The number of hydrogen-bond donors (Lipinski definition) is 0. The summed E-state index contributed by atoms with van der Waals surface area (Å²) in [7, 11) is 4.26.